The van der Waals surface area contributed by atoms with Gasteiger partial charge >= 0.3 is 0 Å². The number of aromatic nitrogens is 1. The zero-order valence-corrected chi connectivity index (χ0v) is 9.81. The SMILES string of the molecule is CC(C)C[C@@H](N)c1c(Cl)cncc1Cl. The van der Waals surface area contributed by atoms with Gasteiger partial charge in [-0.1, -0.05) is 37.0 Å². The van der Waals surface area contributed by atoms with E-state index in [4.69, 9.17) is 28.9 Å². The van der Waals surface area contributed by atoms with E-state index in [-0.39, 0.29) is 6.04 Å². The Labute approximate surface area is 94.4 Å². The molecule has 0 aromatic carbocycles. The Bertz CT molecular complexity index is 293. The smallest absolute Gasteiger partial charge is 0.0651 e. The summed E-state index contributed by atoms with van der Waals surface area (Å²) >= 11 is 12.0. The van der Waals surface area contributed by atoms with Crippen molar-refractivity contribution in [2.24, 2.45) is 11.7 Å². The summed E-state index contributed by atoms with van der Waals surface area (Å²) in [7, 11) is 0. The standard InChI is InChI=1S/C10H14Cl2N2/c1-6(2)3-9(13)10-7(11)4-14-5-8(10)12/h4-6,9H,3,13H2,1-2H3/t9-/m1/s1. The van der Waals surface area contributed by atoms with Gasteiger partial charge in [-0.25, -0.2) is 0 Å². The fourth-order valence-corrected chi connectivity index (χ4v) is 2.05. The molecule has 0 spiro atoms. The van der Waals surface area contributed by atoms with Crippen LogP contribution in [0.2, 0.25) is 10.0 Å². The van der Waals surface area contributed by atoms with Gasteiger partial charge in [0.2, 0.25) is 0 Å². The van der Waals surface area contributed by atoms with Crippen molar-refractivity contribution in [3.63, 3.8) is 0 Å². The maximum absolute atomic E-state index is 6.00. The van der Waals surface area contributed by atoms with Crippen LogP contribution in [-0.2, 0) is 0 Å². The number of hydrogen-bond donors (Lipinski definition) is 1. The number of pyridine rings is 1. The summed E-state index contributed by atoms with van der Waals surface area (Å²) < 4.78 is 0. The molecule has 2 nitrogen and oxygen atoms in total. The predicted octanol–water partition coefficient (Wildman–Crippen LogP) is 3.43. The summed E-state index contributed by atoms with van der Waals surface area (Å²) in [5, 5.41) is 1.09. The van der Waals surface area contributed by atoms with E-state index in [1.807, 2.05) is 0 Å². The van der Waals surface area contributed by atoms with Crippen molar-refractivity contribution in [1.82, 2.24) is 4.98 Å². The topological polar surface area (TPSA) is 38.9 Å². The van der Waals surface area contributed by atoms with Gasteiger partial charge in [-0.15, -0.1) is 0 Å². The average molecular weight is 233 g/mol. The zero-order chi connectivity index (χ0) is 10.7. The molecule has 1 atom stereocenters. The first-order chi connectivity index (χ1) is 6.52. The summed E-state index contributed by atoms with van der Waals surface area (Å²) in [6.07, 6.45) is 4.01. The molecule has 1 aromatic heterocycles. The molecular formula is C10H14Cl2N2. The second-order valence-electron chi connectivity index (χ2n) is 3.75. The van der Waals surface area contributed by atoms with Crippen LogP contribution in [0.1, 0.15) is 31.9 Å². The number of nitrogens with two attached hydrogens (primary N) is 1. The first-order valence-corrected chi connectivity index (χ1v) is 5.32. The quantitative estimate of drug-likeness (QED) is 0.868. The van der Waals surface area contributed by atoms with Gasteiger partial charge in [-0.2, -0.15) is 0 Å². The second kappa shape index (κ2) is 4.96. The Morgan fingerprint density at radius 2 is 1.79 bits per heavy atom. The van der Waals surface area contributed by atoms with Gasteiger partial charge in [0.1, 0.15) is 0 Å². The van der Waals surface area contributed by atoms with E-state index in [0.717, 1.165) is 12.0 Å². The van der Waals surface area contributed by atoms with E-state index in [9.17, 15) is 0 Å². The molecular weight excluding hydrogens is 219 g/mol. The molecule has 0 bridgehead atoms. The van der Waals surface area contributed by atoms with E-state index in [2.05, 4.69) is 18.8 Å². The van der Waals surface area contributed by atoms with Crippen molar-refractivity contribution in [1.29, 1.82) is 0 Å². The minimum Gasteiger partial charge on any atom is -0.324 e. The van der Waals surface area contributed by atoms with Crippen LogP contribution in [0.25, 0.3) is 0 Å². The normalized spacial score (nSPS) is 13.3. The molecule has 0 aliphatic rings. The highest BCUT2D eigenvalue weighted by Gasteiger charge is 2.15. The van der Waals surface area contributed by atoms with Gasteiger partial charge in [-0.05, 0) is 12.3 Å². The summed E-state index contributed by atoms with van der Waals surface area (Å²) in [5.74, 6) is 0.519. The Kier molecular flexibility index (Phi) is 4.17. The number of rotatable bonds is 3. The number of hydrogen-bond acceptors (Lipinski definition) is 2. The van der Waals surface area contributed by atoms with E-state index in [0.29, 0.717) is 16.0 Å². The Morgan fingerprint density at radius 1 is 1.29 bits per heavy atom. The summed E-state index contributed by atoms with van der Waals surface area (Å²) in [6.45, 7) is 4.23. The molecule has 14 heavy (non-hydrogen) atoms. The Morgan fingerprint density at radius 3 is 2.21 bits per heavy atom. The van der Waals surface area contributed by atoms with Gasteiger partial charge in [0, 0.05) is 24.0 Å². The third kappa shape index (κ3) is 2.84. The number of nitrogens with zero attached hydrogens (tertiary/aromatic N) is 1. The van der Waals surface area contributed by atoms with Crippen molar-refractivity contribution in [2.45, 2.75) is 26.3 Å². The lowest BCUT2D eigenvalue weighted by atomic mass is 9.99. The lowest BCUT2D eigenvalue weighted by molar-refractivity contribution is 0.510. The highest BCUT2D eigenvalue weighted by Crippen LogP contribution is 2.30. The first-order valence-electron chi connectivity index (χ1n) is 4.56. The van der Waals surface area contributed by atoms with Crippen LogP contribution in [0.5, 0.6) is 0 Å². The van der Waals surface area contributed by atoms with Crippen molar-refractivity contribution in [2.75, 3.05) is 0 Å². The molecule has 4 heteroatoms. The summed E-state index contributed by atoms with van der Waals surface area (Å²) in [4.78, 5) is 3.89. The highest BCUT2D eigenvalue weighted by molar-refractivity contribution is 6.35. The van der Waals surface area contributed by atoms with E-state index in [1.165, 1.54) is 0 Å². The maximum atomic E-state index is 6.00. The van der Waals surface area contributed by atoms with E-state index >= 15 is 0 Å². The highest BCUT2D eigenvalue weighted by atomic mass is 35.5. The molecule has 0 fully saturated rings. The summed E-state index contributed by atoms with van der Waals surface area (Å²) in [5.41, 5.74) is 6.80. The van der Waals surface area contributed by atoms with Crippen molar-refractivity contribution in [3.8, 4) is 0 Å². The fourth-order valence-electron chi connectivity index (χ4n) is 1.40. The largest absolute Gasteiger partial charge is 0.324 e. The Balaban J connectivity index is 2.94. The molecule has 0 saturated heterocycles. The van der Waals surface area contributed by atoms with Crippen LogP contribution in [0, 0.1) is 5.92 Å². The second-order valence-corrected chi connectivity index (χ2v) is 4.57. The van der Waals surface area contributed by atoms with Crippen molar-refractivity contribution < 1.29 is 0 Å². The zero-order valence-electron chi connectivity index (χ0n) is 8.30. The van der Waals surface area contributed by atoms with Gasteiger partial charge < -0.3 is 5.73 Å². The number of halogens is 2. The molecule has 0 aliphatic heterocycles. The van der Waals surface area contributed by atoms with Crippen LogP contribution in [0.15, 0.2) is 12.4 Å². The third-order valence-electron chi connectivity index (χ3n) is 1.99. The van der Waals surface area contributed by atoms with Gasteiger partial charge in [-0.3, -0.25) is 4.98 Å². The molecule has 2 N–H and O–H groups in total. The molecule has 1 heterocycles. The summed E-state index contributed by atoms with van der Waals surface area (Å²) in [6, 6.07) is -0.113. The minimum atomic E-state index is -0.113. The lowest BCUT2D eigenvalue weighted by Gasteiger charge is -2.16. The average Bonchev–Trinajstić information content (AvgIpc) is 2.01. The van der Waals surface area contributed by atoms with E-state index in [1.54, 1.807) is 12.4 Å². The fraction of sp³-hybridized carbons (Fsp3) is 0.500. The molecule has 0 radical (unpaired) electrons. The van der Waals surface area contributed by atoms with Crippen LogP contribution >= 0.6 is 23.2 Å². The molecule has 78 valence electrons. The van der Waals surface area contributed by atoms with Gasteiger partial charge in [0.05, 0.1) is 10.0 Å². The van der Waals surface area contributed by atoms with Gasteiger partial charge in [0.15, 0.2) is 0 Å². The van der Waals surface area contributed by atoms with Gasteiger partial charge in [0.25, 0.3) is 0 Å². The molecule has 0 saturated carbocycles. The lowest BCUT2D eigenvalue weighted by Crippen LogP contribution is -2.14. The molecule has 0 aliphatic carbocycles. The predicted molar refractivity (Wildman–Crippen MR) is 60.6 cm³/mol. The molecule has 1 aromatic rings. The van der Waals surface area contributed by atoms with Crippen LogP contribution < -0.4 is 5.73 Å². The van der Waals surface area contributed by atoms with Crippen molar-refractivity contribution in [3.05, 3.63) is 28.0 Å². The molecule has 0 unspecified atom stereocenters. The maximum Gasteiger partial charge on any atom is 0.0651 e. The van der Waals surface area contributed by atoms with Crippen LogP contribution in [0.3, 0.4) is 0 Å². The molecule has 1 rings (SSSR count). The first kappa shape index (κ1) is 11.8. The Hall–Kier alpha value is -0.310. The molecule has 0 amide bonds. The van der Waals surface area contributed by atoms with Crippen LogP contribution in [-0.4, -0.2) is 4.98 Å². The monoisotopic (exact) mass is 232 g/mol. The van der Waals surface area contributed by atoms with E-state index < -0.39 is 0 Å². The van der Waals surface area contributed by atoms with Crippen molar-refractivity contribution >= 4 is 23.2 Å². The van der Waals surface area contributed by atoms with Crippen LogP contribution in [0.4, 0.5) is 0 Å². The third-order valence-corrected chi connectivity index (χ3v) is 2.59. The minimum absolute atomic E-state index is 0.113.